The van der Waals surface area contributed by atoms with E-state index in [-0.39, 0.29) is 22.0 Å². The Bertz CT molecular complexity index is 611. The van der Waals surface area contributed by atoms with Gasteiger partial charge in [0.25, 0.3) is 11.4 Å². The predicted octanol–water partition coefficient (Wildman–Crippen LogP) is 0.755. The number of rotatable bonds is 2. The van der Waals surface area contributed by atoms with Gasteiger partial charge in [0.15, 0.2) is 6.07 Å². The second-order valence-electron chi connectivity index (χ2n) is 3.04. The monoisotopic (exact) mass is 232 g/mol. The largest absolute Gasteiger partial charge is 0.358 e. The van der Waals surface area contributed by atoms with Gasteiger partial charge in [-0.1, -0.05) is 0 Å². The van der Waals surface area contributed by atoms with Gasteiger partial charge in [-0.2, -0.15) is 5.26 Å². The third-order valence-electron chi connectivity index (χ3n) is 2.07. The maximum Gasteiger partial charge on any atom is 0.302 e. The van der Waals surface area contributed by atoms with E-state index >= 15 is 0 Å². The number of hydrogen-bond donors (Lipinski definition) is 0. The molecule has 1 aromatic heterocycles. The second-order valence-corrected chi connectivity index (χ2v) is 3.04. The molecule has 0 bridgehead atoms. The van der Waals surface area contributed by atoms with Crippen molar-refractivity contribution in [2.75, 3.05) is 0 Å². The first kappa shape index (κ1) is 10.6. The van der Waals surface area contributed by atoms with E-state index in [9.17, 15) is 15.3 Å². The quantitative estimate of drug-likeness (QED) is 0.428. The van der Waals surface area contributed by atoms with Crippen LogP contribution < -0.4 is 4.90 Å². The molecule has 0 spiro atoms. The molecule has 0 aliphatic carbocycles. The fourth-order valence-electron chi connectivity index (χ4n) is 1.27. The average molecular weight is 232 g/mol. The Labute approximate surface area is 94.0 Å². The molecule has 0 radical (unpaired) electrons. The zero-order chi connectivity index (χ0) is 12.4. The molecule has 0 saturated heterocycles. The summed E-state index contributed by atoms with van der Waals surface area (Å²) in [6.45, 7) is 0. The minimum absolute atomic E-state index is 0.0171. The highest BCUT2D eigenvalue weighted by molar-refractivity contribution is 5.63. The number of nitrogens with zero attached hydrogens (tertiary/aromatic N) is 4. The first-order chi connectivity index (χ1) is 8.13. The van der Waals surface area contributed by atoms with Gasteiger partial charge in [-0.05, 0) is 17.0 Å². The number of nitriles is 1. The Morgan fingerprint density at radius 2 is 2.06 bits per heavy atom. The Kier molecular flexibility index (Phi) is 2.42. The molecule has 0 aliphatic heterocycles. The standard InChI is InChI=1S/C9H4N4O4/c10-5-8-9(11-17-13(8)16)6-1-3-7(4-2-6)12(14)15/h1-4H. The Balaban J connectivity index is 2.47. The van der Waals surface area contributed by atoms with E-state index in [0.29, 0.717) is 5.56 Å². The van der Waals surface area contributed by atoms with Gasteiger partial charge in [-0.3, -0.25) is 14.7 Å². The first-order valence-corrected chi connectivity index (χ1v) is 4.38. The summed E-state index contributed by atoms with van der Waals surface area (Å²) in [6, 6.07) is 6.91. The van der Waals surface area contributed by atoms with Crippen LogP contribution in [0.4, 0.5) is 5.69 Å². The first-order valence-electron chi connectivity index (χ1n) is 4.38. The summed E-state index contributed by atoms with van der Waals surface area (Å²) in [5.41, 5.74) is 0.0625. The number of benzene rings is 1. The lowest BCUT2D eigenvalue weighted by Gasteiger charge is -1.92. The normalized spacial score (nSPS) is 9.82. The summed E-state index contributed by atoms with van der Waals surface area (Å²) in [5, 5.41) is 33.5. The van der Waals surface area contributed by atoms with Crippen molar-refractivity contribution in [2.24, 2.45) is 0 Å². The molecule has 0 aliphatic rings. The van der Waals surface area contributed by atoms with Crippen molar-refractivity contribution in [3.05, 3.63) is 45.3 Å². The zero-order valence-corrected chi connectivity index (χ0v) is 8.23. The molecule has 8 heteroatoms. The lowest BCUT2D eigenvalue weighted by molar-refractivity contribution is -0.804. The third kappa shape index (κ3) is 1.76. The fourth-order valence-corrected chi connectivity index (χ4v) is 1.27. The van der Waals surface area contributed by atoms with E-state index in [2.05, 4.69) is 9.79 Å². The van der Waals surface area contributed by atoms with Crippen LogP contribution in [0.5, 0.6) is 0 Å². The molecular formula is C9H4N4O4. The average Bonchev–Trinajstić information content (AvgIpc) is 2.70. The molecule has 8 nitrogen and oxygen atoms in total. The fraction of sp³-hybridized carbons (Fsp3) is 0. The zero-order valence-electron chi connectivity index (χ0n) is 8.23. The highest BCUT2D eigenvalue weighted by Crippen LogP contribution is 2.21. The van der Waals surface area contributed by atoms with Crippen LogP contribution in [0.15, 0.2) is 28.9 Å². The van der Waals surface area contributed by atoms with Crippen LogP contribution in [0.1, 0.15) is 5.69 Å². The summed E-state index contributed by atoms with van der Waals surface area (Å²) in [4.78, 5) is 9.87. The number of aromatic nitrogens is 2. The van der Waals surface area contributed by atoms with Crippen molar-refractivity contribution < 1.29 is 14.5 Å². The van der Waals surface area contributed by atoms with Gasteiger partial charge in [0.1, 0.15) is 0 Å². The van der Waals surface area contributed by atoms with Gasteiger partial charge in [0.05, 0.1) is 4.92 Å². The number of hydrogen-bond acceptors (Lipinski definition) is 6. The summed E-state index contributed by atoms with van der Waals surface area (Å²) in [5.74, 6) is 0. The van der Waals surface area contributed by atoms with Gasteiger partial charge in [-0.15, -0.1) is 0 Å². The van der Waals surface area contributed by atoms with Crippen molar-refractivity contribution >= 4 is 5.69 Å². The van der Waals surface area contributed by atoms with E-state index in [1.165, 1.54) is 24.3 Å². The van der Waals surface area contributed by atoms with Gasteiger partial charge >= 0.3 is 5.69 Å². The maximum absolute atomic E-state index is 11.0. The number of nitro benzene ring substituents is 1. The van der Waals surface area contributed by atoms with Crippen molar-refractivity contribution in [2.45, 2.75) is 0 Å². The maximum atomic E-state index is 11.0. The Morgan fingerprint density at radius 1 is 1.41 bits per heavy atom. The van der Waals surface area contributed by atoms with Crippen LogP contribution in [0.3, 0.4) is 0 Å². The lowest BCUT2D eigenvalue weighted by Crippen LogP contribution is -2.26. The van der Waals surface area contributed by atoms with Crippen LogP contribution >= 0.6 is 0 Å². The molecule has 0 N–H and O–H groups in total. The molecule has 17 heavy (non-hydrogen) atoms. The summed E-state index contributed by atoms with van der Waals surface area (Å²) >= 11 is 0. The topological polar surface area (TPSA) is 120 Å². The summed E-state index contributed by atoms with van der Waals surface area (Å²) < 4.78 is 4.27. The van der Waals surface area contributed by atoms with Crippen LogP contribution in [0, 0.1) is 26.7 Å². The smallest absolute Gasteiger partial charge is 0.302 e. The van der Waals surface area contributed by atoms with Crippen molar-refractivity contribution in [1.82, 2.24) is 5.16 Å². The third-order valence-corrected chi connectivity index (χ3v) is 2.07. The molecule has 1 aromatic carbocycles. The van der Waals surface area contributed by atoms with E-state index in [0.717, 1.165) is 0 Å². The summed E-state index contributed by atoms with van der Waals surface area (Å²) in [6.07, 6.45) is 0. The molecular weight excluding hydrogens is 228 g/mol. The summed E-state index contributed by atoms with van der Waals surface area (Å²) in [7, 11) is 0. The predicted molar refractivity (Wildman–Crippen MR) is 52.3 cm³/mol. The molecule has 0 atom stereocenters. The lowest BCUT2D eigenvalue weighted by atomic mass is 10.1. The molecule has 2 aromatic rings. The molecule has 1 heterocycles. The van der Waals surface area contributed by atoms with Crippen molar-refractivity contribution in [3.63, 3.8) is 0 Å². The molecule has 0 unspecified atom stereocenters. The van der Waals surface area contributed by atoms with Gasteiger partial charge in [-0.25, -0.2) is 0 Å². The molecule has 84 valence electrons. The van der Waals surface area contributed by atoms with Crippen LogP contribution in [-0.2, 0) is 0 Å². The minimum Gasteiger partial charge on any atom is -0.358 e. The molecule has 0 amide bonds. The van der Waals surface area contributed by atoms with Crippen LogP contribution in [-0.4, -0.2) is 10.1 Å². The molecule has 0 saturated carbocycles. The molecule has 2 rings (SSSR count). The van der Waals surface area contributed by atoms with Crippen molar-refractivity contribution in [3.8, 4) is 17.3 Å². The highest BCUT2D eigenvalue weighted by Gasteiger charge is 2.21. The van der Waals surface area contributed by atoms with Crippen molar-refractivity contribution in [1.29, 1.82) is 5.26 Å². The van der Waals surface area contributed by atoms with E-state index in [1.54, 1.807) is 6.07 Å². The van der Waals surface area contributed by atoms with E-state index < -0.39 is 4.92 Å². The van der Waals surface area contributed by atoms with Crippen LogP contribution in [0.2, 0.25) is 0 Å². The molecule has 0 fully saturated rings. The Morgan fingerprint density at radius 3 is 2.59 bits per heavy atom. The number of nitro groups is 1. The van der Waals surface area contributed by atoms with E-state index in [4.69, 9.17) is 5.26 Å². The van der Waals surface area contributed by atoms with Crippen LogP contribution in [0.25, 0.3) is 11.3 Å². The SMILES string of the molecule is N#Cc1c(-c2ccc([N+](=O)[O-])cc2)no[n+]1[O-]. The van der Waals surface area contributed by atoms with E-state index in [1.807, 2.05) is 0 Å². The minimum atomic E-state index is -0.550. The van der Waals surface area contributed by atoms with Gasteiger partial charge < -0.3 is 5.21 Å². The number of non-ortho nitro benzene ring substituents is 1. The van der Waals surface area contributed by atoms with Gasteiger partial charge in [0.2, 0.25) is 0 Å². The Hall–Kier alpha value is -2.95. The second kappa shape index (κ2) is 3.90. The highest BCUT2D eigenvalue weighted by atomic mass is 16.8. The van der Waals surface area contributed by atoms with Gasteiger partial charge in [0, 0.05) is 22.9 Å².